The van der Waals surface area contributed by atoms with Crippen LogP contribution in [0.1, 0.15) is 19.8 Å². The minimum absolute atomic E-state index is 0.0321. The van der Waals surface area contributed by atoms with E-state index in [4.69, 9.17) is 0 Å². The number of anilines is 1. The lowest BCUT2D eigenvalue weighted by Gasteiger charge is -2.26. The van der Waals surface area contributed by atoms with Crippen LogP contribution in [0.15, 0.2) is 30.3 Å². The molecule has 0 aliphatic carbocycles. The van der Waals surface area contributed by atoms with Crippen LogP contribution >= 0.6 is 0 Å². The Morgan fingerprint density at radius 2 is 1.87 bits per heavy atom. The molecule has 1 unspecified atom stereocenters. The van der Waals surface area contributed by atoms with Gasteiger partial charge in [-0.1, -0.05) is 18.2 Å². The van der Waals surface area contributed by atoms with Gasteiger partial charge in [0.25, 0.3) is 0 Å². The van der Waals surface area contributed by atoms with Crippen LogP contribution in [0.5, 0.6) is 0 Å². The number of carbonyl (C=O) groups excluding carboxylic acids is 2. The summed E-state index contributed by atoms with van der Waals surface area (Å²) in [4.78, 5) is 27.1. The van der Waals surface area contributed by atoms with E-state index < -0.39 is 9.84 Å². The molecule has 1 aromatic carbocycles. The lowest BCUT2D eigenvalue weighted by molar-refractivity contribution is -0.131. The summed E-state index contributed by atoms with van der Waals surface area (Å²) < 4.78 is 23.0. The second-order valence-corrected chi connectivity index (χ2v) is 8.05. The summed E-state index contributed by atoms with van der Waals surface area (Å²) in [6.07, 6.45) is 0.654. The molecular weight excluding hydrogens is 316 g/mol. The molecule has 0 N–H and O–H groups in total. The molecule has 0 bridgehead atoms. The minimum atomic E-state index is -3.02. The molecule has 7 heteroatoms. The van der Waals surface area contributed by atoms with Gasteiger partial charge < -0.3 is 9.80 Å². The van der Waals surface area contributed by atoms with E-state index in [-0.39, 0.29) is 42.3 Å². The smallest absolute Gasteiger partial charge is 0.224 e. The van der Waals surface area contributed by atoms with E-state index in [1.807, 2.05) is 30.3 Å². The van der Waals surface area contributed by atoms with Gasteiger partial charge in [-0.25, -0.2) is 8.42 Å². The normalized spacial score (nSPS) is 19.3. The van der Waals surface area contributed by atoms with Crippen molar-refractivity contribution < 1.29 is 18.0 Å². The molecule has 126 valence electrons. The number of amides is 2. The van der Waals surface area contributed by atoms with Crippen molar-refractivity contribution in [2.24, 2.45) is 0 Å². The molecular formula is C16H22N2O4S. The number of rotatable bonds is 5. The SMILES string of the molecule is CC(=O)N(CCC(=O)N(C)C1CCS(=O)(=O)C1)c1ccccc1. The number of hydrogen-bond donors (Lipinski definition) is 0. The largest absolute Gasteiger partial charge is 0.342 e. The predicted octanol–water partition coefficient (Wildman–Crippen LogP) is 1.08. The van der Waals surface area contributed by atoms with Crippen LogP contribution in [0, 0.1) is 0 Å². The molecule has 2 rings (SSSR count). The van der Waals surface area contributed by atoms with Crippen LogP contribution in [0.4, 0.5) is 5.69 Å². The first kappa shape index (κ1) is 17.5. The second kappa shape index (κ2) is 7.12. The third-order valence-electron chi connectivity index (χ3n) is 4.15. The zero-order chi connectivity index (χ0) is 17.0. The molecule has 0 spiro atoms. The molecule has 2 amide bonds. The minimum Gasteiger partial charge on any atom is -0.342 e. The number of nitrogens with zero attached hydrogens (tertiary/aromatic N) is 2. The predicted molar refractivity (Wildman–Crippen MR) is 88.9 cm³/mol. The van der Waals surface area contributed by atoms with Gasteiger partial charge in [-0.05, 0) is 18.6 Å². The lowest BCUT2D eigenvalue weighted by Crippen LogP contribution is -2.40. The van der Waals surface area contributed by atoms with E-state index in [1.165, 1.54) is 11.8 Å². The zero-order valence-corrected chi connectivity index (χ0v) is 14.3. The van der Waals surface area contributed by atoms with Crippen molar-refractivity contribution in [1.82, 2.24) is 4.90 Å². The molecule has 23 heavy (non-hydrogen) atoms. The molecule has 0 aromatic heterocycles. The Hall–Kier alpha value is -1.89. The fourth-order valence-electron chi connectivity index (χ4n) is 2.74. The van der Waals surface area contributed by atoms with Crippen LogP contribution in [0.3, 0.4) is 0 Å². The van der Waals surface area contributed by atoms with Crippen molar-refractivity contribution in [3.8, 4) is 0 Å². The topological polar surface area (TPSA) is 74.8 Å². The Morgan fingerprint density at radius 3 is 2.39 bits per heavy atom. The van der Waals surface area contributed by atoms with Gasteiger partial charge in [-0.3, -0.25) is 9.59 Å². The number of sulfone groups is 1. The summed E-state index contributed by atoms with van der Waals surface area (Å²) in [7, 11) is -1.39. The third-order valence-corrected chi connectivity index (χ3v) is 5.90. The monoisotopic (exact) mass is 338 g/mol. The van der Waals surface area contributed by atoms with E-state index in [9.17, 15) is 18.0 Å². The first-order chi connectivity index (χ1) is 10.8. The number of carbonyl (C=O) groups is 2. The Bertz CT molecular complexity index is 673. The summed E-state index contributed by atoms with van der Waals surface area (Å²) >= 11 is 0. The maximum absolute atomic E-state index is 12.3. The van der Waals surface area contributed by atoms with Gasteiger partial charge in [0.05, 0.1) is 11.5 Å². The molecule has 1 atom stereocenters. The fraction of sp³-hybridized carbons (Fsp3) is 0.500. The molecule has 1 aliphatic heterocycles. The number of hydrogen-bond acceptors (Lipinski definition) is 4. The van der Waals surface area contributed by atoms with Crippen LogP contribution in [-0.4, -0.2) is 56.3 Å². The molecule has 1 fully saturated rings. The van der Waals surface area contributed by atoms with Crippen molar-refractivity contribution in [2.75, 3.05) is 30.0 Å². The number of benzene rings is 1. The van der Waals surface area contributed by atoms with Gasteiger partial charge in [-0.15, -0.1) is 0 Å². The van der Waals surface area contributed by atoms with Crippen molar-refractivity contribution in [2.45, 2.75) is 25.8 Å². The van der Waals surface area contributed by atoms with Crippen LogP contribution in [0.25, 0.3) is 0 Å². The highest BCUT2D eigenvalue weighted by atomic mass is 32.2. The highest BCUT2D eigenvalue weighted by Crippen LogP contribution is 2.18. The highest BCUT2D eigenvalue weighted by Gasteiger charge is 2.32. The van der Waals surface area contributed by atoms with Gasteiger partial charge in [0, 0.05) is 38.7 Å². The standard InChI is InChI=1S/C16H22N2O4S/c1-13(19)18(14-6-4-3-5-7-14)10-8-16(20)17(2)15-9-11-23(21,22)12-15/h3-7,15H,8-12H2,1-2H3. The Balaban J connectivity index is 1.95. The van der Waals surface area contributed by atoms with Crippen molar-refractivity contribution in [1.29, 1.82) is 0 Å². The summed E-state index contributed by atoms with van der Waals surface area (Å²) in [5.41, 5.74) is 0.749. The lowest BCUT2D eigenvalue weighted by atomic mass is 10.2. The quantitative estimate of drug-likeness (QED) is 0.805. The van der Waals surface area contributed by atoms with Gasteiger partial charge in [0.15, 0.2) is 9.84 Å². The third kappa shape index (κ3) is 4.54. The highest BCUT2D eigenvalue weighted by molar-refractivity contribution is 7.91. The Labute approximate surface area is 137 Å². The molecule has 1 aliphatic rings. The maximum atomic E-state index is 12.3. The first-order valence-electron chi connectivity index (χ1n) is 7.59. The van der Waals surface area contributed by atoms with Crippen LogP contribution in [-0.2, 0) is 19.4 Å². The van der Waals surface area contributed by atoms with E-state index in [0.717, 1.165) is 5.69 Å². The van der Waals surface area contributed by atoms with Gasteiger partial charge in [-0.2, -0.15) is 0 Å². The van der Waals surface area contributed by atoms with Crippen LogP contribution in [0.2, 0.25) is 0 Å². The van der Waals surface area contributed by atoms with E-state index in [2.05, 4.69) is 0 Å². The molecule has 0 saturated carbocycles. The molecule has 1 aromatic rings. The van der Waals surface area contributed by atoms with Crippen molar-refractivity contribution in [3.63, 3.8) is 0 Å². The van der Waals surface area contributed by atoms with E-state index in [1.54, 1.807) is 11.9 Å². The second-order valence-electron chi connectivity index (χ2n) is 5.82. The van der Waals surface area contributed by atoms with Gasteiger partial charge in [0.1, 0.15) is 0 Å². The van der Waals surface area contributed by atoms with E-state index in [0.29, 0.717) is 6.42 Å². The summed E-state index contributed by atoms with van der Waals surface area (Å²) in [5.74, 6) is -0.104. The maximum Gasteiger partial charge on any atom is 0.224 e. The fourth-order valence-corrected chi connectivity index (χ4v) is 4.52. The average molecular weight is 338 g/mol. The van der Waals surface area contributed by atoms with Gasteiger partial charge >= 0.3 is 0 Å². The Kier molecular flexibility index (Phi) is 5.41. The van der Waals surface area contributed by atoms with Crippen molar-refractivity contribution >= 4 is 27.3 Å². The summed E-state index contributed by atoms with van der Waals surface area (Å²) in [5, 5.41) is 0. The van der Waals surface area contributed by atoms with Crippen molar-refractivity contribution in [3.05, 3.63) is 30.3 Å². The summed E-state index contributed by atoms with van der Waals surface area (Å²) in [6.45, 7) is 1.74. The average Bonchev–Trinajstić information content (AvgIpc) is 2.87. The summed E-state index contributed by atoms with van der Waals surface area (Å²) in [6, 6.07) is 8.92. The first-order valence-corrected chi connectivity index (χ1v) is 9.41. The molecule has 1 saturated heterocycles. The number of para-hydroxylation sites is 1. The molecule has 1 heterocycles. The van der Waals surface area contributed by atoms with Gasteiger partial charge in [0.2, 0.25) is 11.8 Å². The zero-order valence-electron chi connectivity index (χ0n) is 13.4. The van der Waals surface area contributed by atoms with Crippen LogP contribution < -0.4 is 4.90 Å². The van der Waals surface area contributed by atoms with E-state index >= 15 is 0 Å². The Morgan fingerprint density at radius 1 is 1.22 bits per heavy atom. The molecule has 0 radical (unpaired) electrons. The molecule has 6 nitrogen and oxygen atoms in total.